The number of hydrogen-bond acceptors (Lipinski definition) is 3. The Morgan fingerprint density at radius 2 is 1.81 bits per heavy atom. The summed E-state index contributed by atoms with van der Waals surface area (Å²) in [5.41, 5.74) is 8.56. The molecule has 2 aromatic carbocycles. The second-order valence-corrected chi connectivity index (χ2v) is 4.86. The van der Waals surface area contributed by atoms with E-state index in [1.807, 2.05) is 18.2 Å². The first kappa shape index (κ1) is 13.7. The molecule has 4 nitrogen and oxygen atoms in total. The fraction of sp³-hybridized carbons (Fsp3) is 0.0667. The predicted molar refractivity (Wildman–Crippen MR) is 79.7 cm³/mol. The highest BCUT2D eigenvalue weighted by Gasteiger charge is 2.17. The van der Waals surface area contributed by atoms with Crippen LogP contribution in [0.5, 0.6) is 0 Å². The van der Waals surface area contributed by atoms with E-state index in [1.54, 1.807) is 22.9 Å². The molecular formula is C15H12ClFN4. The number of rotatable bonds is 3. The molecule has 3 aromatic rings. The van der Waals surface area contributed by atoms with Crippen LogP contribution in [0.2, 0.25) is 5.02 Å². The first-order valence-corrected chi connectivity index (χ1v) is 6.74. The molecule has 0 spiro atoms. The van der Waals surface area contributed by atoms with Gasteiger partial charge in [-0.25, -0.2) is 9.07 Å². The van der Waals surface area contributed by atoms with Gasteiger partial charge in [0.2, 0.25) is 0 Å². The fourth-order valence-electron chi connectivity index (χ4n) is 2.14. The number of benzene rings is 2. The number of aromatic nitrogens is 3. The van der Waals surface area contributed by atoms with Crippen LogP contribution in [0.25, 0.3) is 16.9 Å². The lowest BCUT2D eigenvalue weighted by atomic mass is 10.1. The van der Waals surface area contributed by atoms with Crippen molar-refractivity contribution in [3.63, 3.8) is 0 Å². The highest BCUT2D eigenvalue weighted by atomic mass is 35.5. The third-order valence-corrected chi connectivity index (χ3v) is 3.46. The van der Waals surface area contributed by atoms with Gasteiger partial charge < -0.3 is 5.73 Å². The Bertz CT molecular complexity index is 768. The average Bonchev–Trinajstić information content (AvgIpc) is 2.92. The van der Waals surface area contributed by atoms with E-state index in [4.69, 9.17) is 17.3 Å². The number of nitrogens with two attached hydrogens (primary N) is 1. The van der Waals surface area contributed by atoms with Crippen LogP contribution < -0.4 is 5.73 Å². The van der Waals surface area contributed by atoms with Crippen molar-refractivity contribution < 1.29 is 4.39 Å². The van der Waals surface area contributed by atoms with Gasteiger partial charge in [0.15, 0.2) is 0 Å². The minimum Gasteiger partial charge on any atom is -0.325 e. The molecule has 0 aliphatic heterocycles. The molecule has 106 valence electrons. The highest BCUT2D eigenvalue weighted by molar-refractivity contribution is 6.33. The molecule has 2 N–H and O–H groups in total. The Morgan fingerprint density at radius 1 is 1.10 bits per heavy atom. The topological polar surface area (TPSA) is 56.7 Å². The minimum absolute atomic E-state index is 0.238. The van der Waals surface area contributed by atoms with E-state index in [2.05, 4.69) is 10.3 Å². The number of nitrogens with zero attached hydrogens (tertiary/aromatic N) is 3. The first-order chi connectivity index (χ1) is 10.2. The van der Waals surface area contributed by atoms with Crippen molar-refractivity contribution in [2.75, 3.05) is 0 Å². The van der Waals surface area contributed by atoms with E-state index in [0.717, 1.165) is 11.3 Å². The molecule has 0 radical (unpaired) electrons. The van der Waals surface area contributed by atoms with Gasteiger partial charge in [-0.15, -0.1) is 5.10 Å². The molecular weight excluding hydrogens is 291 g/mol. The molecule has 1 aromatic heterocycles. The van der Waals surface area contributed by atoms with Crippen LogP contribution in [0.1, 0.15) is 5.69 Å². The molecule has 0 aliphatic rings. The standard InChI is InChI=1S/C15H12ClFN4/c16-13-4-2-1-3-12(13)15-14(9-18)19-20-21(15)11-7-5-10(17)6-8-11/h1-8H,9,18H2. The summed E-state index contributed by atoms with van der Waals surface area (Å²) in [7, 11) is 0. The predicted octanol–water partition coefficient (Wildman–Crippen LogP) is 3.19. The molecule has 1 heterocycles. The van der Waals surface area contributed by atoms with Crippen molar-refractivity contribution in [1.29, 1.82) is 0 Å². The first-order valence-electron chi connectivity index (χ1n) is 6.36. The van der Waals surface area contributed by atoms with Gasteiger partial charge in [0.1, 0.15) is 17.2 Å². The smallest absolute Gasteiger partial charge is 0.123 e. The second-order valence-electron chi connectivity index (χ2n) is 4.46. The van der Waals surface area contributed by atoms with E-state index in [1.165, 1.54) is 12.1 Å². The van der Waals surface area contributed by atoms with E-state index in [0.29, 0.717) is 16.4 Å². The van der Waals surface area contributed by atoms with Crippen LogP contribution in [-0.4, -0.2) is 15.0 Å². The zero-order valence-corrected chi connectivity index (χ0v) is 11.8. The van der Waals surface area contributed by atoms with Gasteiger partial charge in [-0.3, -0.25) is 0 Å². The summed E-state index contributed by atoms with van der Waals surface area (Å²) in [6.07, 6.45) is 0. The monoisotopic (exact) mass is 302 g/mol. The van der Waals surface area contributed by atoms with Crippen LogP contribution in [0.3, 0.4) is 0 Å². The summed E-state index contributed by atoms with van der Waals surface area (Å²) in [5, 5.41) is 8.78. The Labute approximate surface area is 126 Å². The molecule has 0 fully saturated rings. The van der Waals surface area contributed by atoms with Gasteiger partial charge in [0.25, 0.3) is 0 Å². The molecule has 0 aliphatic carbocycles. The van der Waals surface area contributed by atoms with Gasteiger partial charge in [-0.2, -0.15) is 0 Å². The van der Waals surface area contributed by atoms with Gasteiger partial charge in [-0.05, 0) is 30.3 Å². The minimum atomic E-state index is -0.308. The van der Waals surface area contributed by atoms with Crippen LogP contribution in [0.15, 0.2) is 48.5 Å². The lowest BCUT2D eigenvalue weighted by molar-refractivity contribution is 0.627. The van der Waals surface area contributed by atoms with Crippen molar-refractivity contribution in [1.82, 2.24) is 15.0 Å². The summed E-state index contributed by atoms with van der Waals surface area (Å²) in [4.78, 5) is 0. The third kappa shape index (κ3) is 2.53. The van der Waals surface area contributed by atoms with E-state index >= 15 is 0 Å². The van der Waals surface area contributed by atoms with Gasteiger partial charge in [0, 0.05) is 12.1 Å². The Balaban J connectivity index is 2.22. The Hall–Kier alpha value is -2.24. The Morgan fingerprint density at radius 3 is 2.48 bits per heavy atom. The van der Waals surface area contributed by atoms with Crippen LogP contribution >= 0.6 is 11.6 Å². The maximum Gasteiger partial charge on any atom is 0.123 e. The summed E-state index contributed by atoms with van der Waals surface area (Å²) in [6, 6.07) is 13.4. The number of hydrogen-bond donors (Lipinski definition) is 1. The van der Waals surface area contributed by atoms with Gasteiger partial charge >= 0.3 is 0 Å². The molecule has 0 amide bonds. The third-order valence-electron chi connectivity index (χ3n) is 3.13. The van der Waals surface area contributed by atoms with Crippen LogP contribution in [0.4, 0.5) is 4.39 Å². The lowest BCUT2D eigenvalue weighted by Crippen LogP contribution is -2.03. The quantitative estimate of drug-likeness (QED) is 0.808. The van der Waals surface area contributed by atoms with E-state index in [-0.39, 0.29) is 12.4 Å². The van der Waals surface area contributed by atoms with Crippen molar-refractivity contribution >= 4 is 11.6 Å². The Kier molecular flexibility index (Phi) is 3.68. The molecule has 0 unspecified atom stereocenters. The summed E-state index contributed by atoms with van der Waals surface area (Å²) in [5.74, 6) is -0.308. The van der Waals surface area contributed by atoms with Gasteiger partial charge in [0.05, 0.1) is 10.7 Å². The van der Waals surface area contributed by atoms with Gasteiger partial charge in [-0.1, -0.05) is 35.0 Å². The van der Waals surface area contributed by atoms with Crippen LogP contribution in [0, 0.1) is 5.82 Å². The number of halogens is 2. The van der Waals surface area contributed by atoms with E-state index in [9.17, 15) is 4.39 Å². The summed E-state index contributed by atoms with van der Waals surface area (Å²) in [6.45, 7) is 0.238. The average molecular weight is 303 g/mol. The second kappa shape index (κ2) is 5.63. The maximum atomic E-state index is 13.1. The maximum absolute atomic E-state index is 13.1. The summed E-state index contributed by atoms with van der Waals surface area (Å²) < 4.78 is 14.7. The highest BCUT2D eigenvalue weighted by Crippen LogP contribution is 2.31. The SMILES string of the molecule is NCc1nnn(-c2ccc(F)cc2)c1-c1ccccc1Cl. The molecule has 6 heteroatoms. The zero-order valence-electron chi connectivity index (χ0n) is 11.0. The van der Waals surface area contributed by atoms with Crippen LogP contribution in [-0.2, 0) is 6.54 Å². The van der Waals surface area contributed by atoms with Crippen molar-refractivity contribution in [2.24, 2.45) is 5.73 Å². The molecule has 0 saturated carbocycles. The molecule has 3 rings (SSSR count). The van der Waals surface area contributed by atoms with Crippen molar-refractivity contribution in [3.8, 4) is 16.9 Å². The largest absolute Gasteiger partial charge is 0.325 e. The normalized spacial score (nSPS) is 10.8. The molecule has 0 bridgehead atoms. The summed E-state index contributed by atoms with van der Waals surface area (Å²) >= 11 is 6.26. The molecule has 0 atom stereocenters. The lowest BCUT2D eigenvalue weighted by Gasteiger charge is -2.09. The molecule has 21 heavy (non-hydrogen) atoms. The zero-order chi connectivity index (χ0) is 14.8. The van der Waals surface area contributed by atoms with Crippen molar-refractivity contribution in [3.05, 3.63) is 65.1 Å². The molecule has 0 saturated heterocycles. The fourth-order valence-corrected chi connectivity index (χ4v) is 2.36. The van der Waals surface area contributed by atoms with E-state index < -0.39 is 0 Å². The van der Waals surface area contributed by atoms with Crippen molar-refractivity contribution in [2.45, 2.75) is 6.54 Å².